The highest BCUT2D eigenvalue weighted by molar-refractivity contribution is 4.65. The van der Waals surface area contributed by atoms with Crippen LogP contribution in [-0.4, -0.2) is 30.7 Å². The molecule has 1 aliphatic heterocycles. The van der Waals surface area contributed by atoms with Gasteiger partial charge in [-0.05, 0) is 20.3 Å². The van der Waals surface area contributed by atoms with Gasteiger partial charge in [-0.3, -0.25) is 0 Å². The molecule has 1 nitrogen and oxygen atoms in total. The number of piperidine rings is 1. The van der Waals surface area contributed by atoms with Crippen molar-refractivity contribution in [1.29, 1.82) is 0 Å². The maximum absolute atomic E-state index is 2.41. The van der Waals surface area contributed by atoms with Crippen molar-refractivity contribution in [2.45, 2.75) is 34.1 Å². The van der Waals surface area contributed by atoms with Crippen LogP contribution in [0.3, 0.4) is 0 Å². The molecule has 0 aromatic rings. The molecule has 0 N–H and O–H groups in total. The first kappa shape index (κ1) is 10.0. The predicted molar refractivity (Wildman–Crippen MR) is 54.0 cm³/mol. The van der Waals surface area contributed by atoms with Crippen molar-refractivity contribution in [2.75, 3.05) is 26.2 Å². The van der Waals surface area contributed by atoms with Crippen molar-refractivity contribution >= 4 is 0 Å². The zero-order chi connectivity index (χ0) is 9.19. The van der Waals surface area contributed by atoms with E-state index in [1.807, 2.05) is 0 Å². The number of likely N-dealkylation sites (tertiary alicyclic amines) is 1. The van der Waals surface area contributed by atoms with Crippen LogP contribution in [0.1, 0.15) is 34.1 Å². The van der Waals surface area contributed by atoms with Crippen LogP contribution in [0.2, 0.25) is 0 Å². The van der Waals surface area contributed by atoms with Crippen LogP contribution in [0, 0.1) is 11.8 Å². The topological polar surface area (TPSA) is 0 Å². The monoisotopic (exact) mass is 170 g/mol. The highest BCUT2D eigenvalue weighted by atomic mass is 15.4. The fourth-order valence-corrected chi connectivity index (χ4v) is 2.97. The molecule has 12 heavy (non-hydrogen) atoms. The minimum atomic E-state index is 0.939. The normalized spacial score (nSPS) is 35.0. The molecule has 1 heteroatoms. The summed E-state index contributed by atoms with van der Waals surface area (Å²) in [6.07, 6.45) is 1.44. The zero-order valence-electron chi connectivity index (χ0n) is 9.14. The molecule has 0 radical (unpaired) electrons. The van der Waals surface area contributed by atoms with Crippen molar-refractivity contribution in [2.24, 2.45) is 11.8 Å². The van der Waals surface area contributed by atoms with E-state index in [4.69, 9.17) is 0 Å². The van der Waals surface area contributed by atoms with Gasteiger partial charge >= 0.3 is 0 Å². The summed E-state index contributed by atoms with van der Waals surface area (Å²) in [5.74, 6) is 1.88. The summed E-state index contributed by atoms with van der Waals surface area (Å²) in [5.41, 5.74) is 0. The molecule has 0 aromatic carbocycles. The third-order valence-electron chi connectivity index (χ3n) is 3.54. The van der Waals surface area contributed by atoms with Gasteiger partial charge in [-0.2, -0.15) is 0 Å². The first-order valence-corrected chi connectivity index (χ1v) is 5.47. The lowest BCUT2D eigenvalue weighted by atomic mass is 9.90. The summed E-state index contributed by atoms with van der Waals surface area (Å²) in [4.78, 5) is 0. The number of quaternary nitrogens is 1. The maximum atomic E-state index is 2.41. The second-order valence-electron chi connectivity index (χ2n) is 4.79. The van der Waals surface area contributed by atoms with Gasteiger partial charge in [-0.1, -0.05) is 13.8 Å². The number of hydrogen-bond acceptors (Lipinski definition) is 0. The number of hydrogen-bond donors (Lipinski definition) is 0. The molecule has 0 aliphatic carbocycles. The summed E-state index contributed by atoms with van der Waals surface area (Å²) in [6.45, 7) is 15.0. The van der Waals surface area contributed by atoms with Gasteiger partial charge in [0.15, 0.2) is 0 Å². The van der Waals surface area contributed by atoms with Gasteiger partial charge in [0, 0.05) is 11.8 Å². The Balaban J connectivity index is 2.62. The van der Waals surface area contributed by atoms with E-state index < -0.39 is 0 Å². The highest BCUT2D eigenvalue weighted by Crippen LogP contribution is 2.26. The van der Waals surface area contributed by atoms with Gasteiger partial charge in [-0.15, -0.1) is 0 Å². The summed E-state index contributed by atoms with van der Waals surface area (Å²) in [7, 11) is 0. The van der Waals surface area contributed by atoms with Crippen molar-refractivity contribution in [1.82, 2.24) is 0 Å². The fourth-order valence-electron chi connectivity index (χ4n) is 2.97. The molecule has 0 amide bonds. The van der Waals surface area contributed by atoms with Gasteiger partial charge in [0.05, 0.1) is 26.2 Å². The molecule has 0 saturated carbocycles. The van der Waals surface area contributed by atoms with E-state index in [0.29, 0.717) is 0 Å². The van der Waals surface area contributed by atoms with Gasteiger partial charge in [0.25, 0.3) is 0 Å². The molecule has 1 aliphatic rings. The van der Waals surface area contributed by atoms with E-state index in [9.17, 15) is 0 Å². The Labute approximate surface area is 77.4 Å². The Bertz CT molecular complexity index is 126. The average molecular weight is 170 g/mol. The lowest BCUT2D eigenvalue weighted by molar-refractivity contribution is -0.935. The Hall–Kier alpha value is -0.0400. The lowest BCUT2D eigenvalue weighted by Gasteiger charge is -2.45. The molecule has 72 valence electrons. The van der Waals surface area contributed by atoms with E-state index >= 15 is 0 Å². The maximum Gasteiger partial charge on any atom is 0.0812 e. The minimum absolute atomic E-state index is 0.939. The molecule has 1 saturated heterocycles. The summed E-state index contributed by atoms with van der Waals surface area (Å²) < 4.78 is 1.36. The van der Waals surface area contributed by atoms with Gasteiger partial charge in [0.2, 0.25) is 0 Å². The number of nitrogens with zero attached hydrogens (tertiary/aromatic N) is 1. The molecule has 0 bridgehead atoms. The molecule has 1 heterocycles. The molecule has 1 rings (SSSR count). The van der Waals surface area contributed by atoms with Crippen LogP contribution in [0.15, 0.2) is 0 Å². The third kappa shape index (κ3) is 2.01. The summed E-state index contributed by atoms with van der Waals surface area (Å²) in [6, 6.07) is 0. The Morgan fingerprint density at radius 1 is 1.00 bits per heavy atom. The van der Waals surface area contributed by atoms with Crippen LogP contribution in [0.5, 0.6) is 0 Å². The molecule has 0 aromatic heterocycles. The lowest BCUT2D eigenvalue weighted by Crippen LogP contribution is -2.55. The average Bonchev–Trinajstić information content (AvgIpc) is 2.02. The van der Waals surface area contributed by atoms with Crippen LogP contribution in [0.25, 0.3) is 0 Å². The summed E-state index contributed by atoms with van der Waals surface area (Å²) >= 11 is 0. The first-order chi connectivity index (χ1) is 5.62. The van der Waals surface area contributed by atoms with Crippen molar-refractivity contribution in [3.63, 3.8) is 0 Å². The van der Waals surface area contributed by atoms with E-state index in [0.717, 1.165) is 11.8 Å². The second kappa shape index (κ2) is 3.78. The van der Waals surface area contributed by atoms with Gasteiger partial charge in [0.1, 0.15) is 0 Å². The fraction of sp³-hybridized carbons (Fsp3) is 1.00. The smallest absolute Gasteiger partial charge is 0.0812 e. The van der Waals surface area contributed by atoms with Gasteiger partial charge in [-0.25, -0.2) is 0 Å². The zero-order valence-corrected chi connectivity index (χ0v) is 9.14. The number of rotatable bonds is 2. The molecule has 2 atom stereocenters. The highest BCUT2D eigenvalue weighted by Gasteiger charge is 2.33. The van der Waals surface area contributed by atoms with Crippen LogP contribution >= 0.6 is 0 Å². The second-order valence-corrected chi connectivity index (χ2v) is 4.79. The van der Waals surface area contributed by atoms with E-state index in [1.54, 1.807) is 0 Å². The van der Waals surface area contributed by atoms with E-state index in [2.05, 4.69) is 27.7 Å². The standard InChI is InChI=1S/C11H24N/c1-5-12(6-2)8-10(3)7-11(4)9-12/h10-11H,5-9H2,1-4H3/q+1/t10-,11+. The van der Waals surface area contributed by atoms with Crippen LogP contribution in [-0.2, 0) is 0 Å². The SMILES string of the molecule is CC[N+]1(CC)C[C@H](C)C[C@H](C)C1. The predicted octanol–water partition coefficient (Wildman–Crippen LogP) is 2.52. The first-order valence-electron chi connectivity index (χ1n) is 5.47. The third-order valence-corrected chi connectivity index (χ3v) is 3.54. The van der Waals surface area contributed by atoms with Crippen LogP contribution in [0.4, 0.5) is 0 Å². The molecular formula is C11H24N+. The van der Waals surface area contributed by atoms with Crippen molar-refractivity contribution < 1.29 is 4.48 Å². The Kier molecular flexibility index (Phi) is 3.16. The largest absolute Gasteiger partial charge is 0.324 e. The minimum Gasteiger partial charge on any atom is -0.324 e. The Morgan fingerprint density at radius 2 is 1.42 bits per heavy atom. The molecular weight excluding hydrogens is 146 g/mol. The van der Waals surface area contributed by atoms with Crippen molar-refractivity contribution in [3.8, 4) is 0 Å². The quantitative estimate of drug-likeness (QED) is 0.559. The van der Waals surface area contributed by atoms with Gasteiger partial charge < -0.3 is 4.48 Å². The molecule has 0 spiro atoms. The summed E-state index contributed by atoms with van der Waals surface area (Å²) in [5, 5.41) is 0. The molecule has 0 unspecified atom stereocenters. The van der Waals surface area contributed by atoms with E-state index in [-0.39, 0.29) is 0 Å². The van der Waals surface area contributed by atoms with Crippen LogP contribution < -0.4 is 0 Å². The van der Waals surface area contributed by atoms with Crippen molar-refractivity contribution in [3.05, 3.63) is 0 Å². The van der Waals surface area contributed by atoms with E-state index in [1.165, 1.54) is 37.1 Å². The molecule has 1 fully saturated rings. The Morgan fingerprint density at radius 3 is 1.75 bits per heavy atom.